The number of amides is 1. The molecule has 0 aromatic carbocycles. The molecule has 1 N–H and O–H groups in total. The van der Waals surface area contributed by atoms with Crippen LogP contribution in [0.1, 0.15) is 21.7 Å². The van der Waals surface area contributed by atoms with Gasteiger partial charge >= 0.3 is 0 Å². The van der Waals surface area contributed by atoms with Crippen molar-refractivity contribution in [3.63, 3.8) is 0 Å². The average Bonchev–Trinajstić information content (AvgIpc) is 2.87. The van der Waals surface area contributed by atoms with Gasteiger partial charge in [-0.15, -0.1) is 11.3 Å². The van der Waals surface area contributed by atoms with Gasteiger partial charge in [-0.05, 0) is 11.4 Å². The van der Waals surface area contributed by atoms with Gasteiger partial charge in [0, 0.05) is 47.4 Å². The number of aliphatic hydroxyl groups is 1. The lowest BCUT2D eigenvalue weighted by Gasteiger charge is -2.25. The smallest absolute Gasteiger partial charge is 0.265 e. The molecule has 0 bridgehead atoms. The molecule has 0 aliphatic carbocycles. The molecule has 0 radical (unpaired) electrons. The van der Waals surface area contributed by atoms with E-state index in [1.54, 1.807) is 4.90 Å². The Labute approximate surface area is 118 Å². The zero-order valence-corrected chi connectivity index (χ0v) is 12.1. The normalized spacial score (nSPS) is 15.9. The molecule has 102 valence electrons. The van der Waals surface area contributed by atoms with Crippen molar-refractivity contribution in [3.05, 3.63) is 21.9 Å². The summed E-state index contributed by atoms with van der Waals surface area (Å²) in [7, 11) is -0.782. The van der Waals surface area contributed by atoms with Crippen LogP contribution in [0.15, 0.2) is 11.4 Å². The third-order valence-corrected chi connectivity index (χ3v) is 4.96. The van der Waals surface area contributed by atoms with Crippen LogP contribution in [0.5, 0.6) is 0 Å². The molecule has 0 saturated carbocycles. The predicted octanol–water partition coefficient (Wildman–Crippen LogP) is 0.686. The van der Waals surface area contributed by atoms with Crippen molar-refractivity contribution in [2.45, 2.75) is 6.42 Å². The second kappa shape index (κ2) is 6.85. The Kier molecular flexibility index (Phi) is 5.14. The number of rotatable bonds is 2. The van der Waals surface area contributed by atoms with Crippen LogP contribution < -0.4 is 0 Å². The number of carbonyl (C=O) groups excluding carboxylic acids is 1. The van der Waals surface area contributed by atoms with Gasteiger partial charge in [0.2, 0.25) is 0 Å². The molecule has 4 nitrogen and oxygen atoms in total. The highest BCUT2D eigenvalue weighted by Crippen LogP contribution is 2.19. The molecular formula is C13H15NO3S2. The first-order valence-corrected chi connectivity index (χ1v) is 8.40. The fraction of sp³-hybridized carbons (Fsp3) is 0.462. The highest BCUT2D eigenvalue weighted by molar-refractivity contribution is 7.85. The highest BCUT2D eigenvalue weighted by Gasteiger charge is 2.23. The van der Waals surface area contributed by atoms with Crippen molar-refractivity contribution in [2.24, 2.45) is 0 Å². The number of aliphatic hydroxyl groups excluding tert-OH is 1. The van der Waals surface area contributed by atoms with Crippen LogP contribution in [0.3, 0.4) is 0 Å². The van der Waals surface area contributed by atoms with Crippen LogP contribution in [-0.2, 0) is 10.8 Å². The lowest BCUT2D eigenvalue weighted by atomic mass is 10.2. The summed E-state index contributed by atoms with van der Waals surface area (Å²) in [6, 6.07) is 1.82. The van der Waals surface area contributed by atoms with Crippen LogP contribution in [0.4, 0.5) is 0 Å². The molecule has 1 fully saturated rings. The number of thiophene rings is 1. The van der Waals surface area contributed by atoms with Crippen molar-refractivity contribution >= 4 is 28.0 Å². The second-order valence-corrected chi connectivity index (χ2v) is 6.69. The van der Waals surface area contributed by atoms with Gasteiger partial charge in [0.05, 0.1) is 6.61 Å². The molecule has 0 spiro atoms. The van der Waals surface area contributed by atoms with Gasteiger partial charge in [-0.25, -0.2) is 0 Å². The first-order valence-electron chi connectivity index (χ1n) is 6.04. The van der Waals surface area contributed by atoms with Crippen LogP contribution in [0, 0.1) is 11.8 Å². The lowest BCUT2D eigenvalue weighted by Crippen LogP contribution is -2.41. The van der Waals surface area contributed by atoms with Crippen molar-refractivity contribution in [1.29, 1.82) is 0 Å². The summed E-state index contributed by atoms with van der Waals surface area (Å²) in [6.45, 7) is 1.12. The minimum Gasteiger partial charge on any atom is -0.395 e. The molecule has 19 heavy (non-hydrogen) atoms. The average molecular weight is 297 g/mol. The van der Waals surface area contributed by atoms with Crippen molar-refractivity contribution < 1.29 is 14.1 Å². The summed E-state index contributed by atoms with van der Waals surface area (Å²) in [5.41, 5.74) is 0.718. The molecule has 0 unspecified atom stereocenters. The molecule has 2 rings (SSSR count). The van der Waals surface area contributed by atoms with Gasteiger partial charge in [-0.2, -0.15) is 0 Å². The van der Waals surface area contributed by atoms with Crippen LogP contribution >= 0.6 is 11.3 Å². The van der Waals surface area contributed by atoms with Crippen LogP contribution in [0.25, 0.3) is 0 Å². The van der Waals surface area contributed by atoms with E-state index in [1.165, 1.54) is 11.3 Å². The molecule has 6 heteroatoms. The number of carbonyl (C=O) groups is 1. The topological polar surface area (TPSA) is 57.6 Å². The van der Waals surface area contributed by atoms with E-state index < -0.39 is 10.8 Å². The lowest BCUT2D eigenvalue weighted by molar-refractivity contribution is 0.0776. The van der Waals surface area contributed by atoms with Crippen LogP contribution in [-0.4, -0.2) is 51.3 Å². The summed E-state index contributed by atoms with van der Waals surface area (Å²) in [5.74, 6) is 6.83. The summed E-state index contributed by atoms with van der Waals surface area (Å²) >= 11 is 1.38. The third kappa shape index (κ3) is 3.66. The molecule has 0 atom stereocenters. The Morgan fingerprint density at radius 3 is 2.89 bits per heavy atom. The van der Waals surface area contributed by atoms with E-state index in [4.69, 9.17) is 5.11 Å². The maximum Gasteiger partial charge on any atom is 0.265 e. The molecule has 2 heterocycles. The zero-order valence-electron chi connectivity index (χ0n) is 10.4. The fourth-order valence-electron chi connectivity index (χ4n) is 1.77. The van der Waals surface area contributed by atoms with Crippen molar-refractivity contribution in [3.8, 4) is 11.8 Å². The minimum atomic E-state index is -0.782. The Morgan fingerprint density at radius 1 is 1.47 bits per heavy atom. The van der Waals surface area contributed by atoms with Crippen LogP contribution in [0.2, 0.25) is 0 Å². The first kappa shape index (κ1) is 14.3. The van der Waals surface area contributed by atoms with E-state index in [1.807, 2.05) is 11.4 Å². The largest absolute Gasteiger partial charge is 0.395 e. The Balaban J connectivity index is 2.10. The van der Waals surface area contributed by atoms with Gasteiger partial charge < -0.3 is 10.0 Å². The Hall–Kier alpha value is -1.16. The summed E-state index contributed by atoms with van der Waals surface area (Å²) < 4.78 is 11.3. The van der Waals surface area contributed by atoms with E-state index in [0.717, 1.165) is 5.56 Å². The van der Waals surface area contributed by atoms with E-state index in [-0.39, 0.29) is 12.5 Å². The number of hydrogen-bond acceptors (Lipinski definition) is 4. The van der Waals surface area contributed by atoms with Gasteiger partial charge in [0.1, 0.15) is 4.88 Å². The van der Waals surface area contributed by atoms with Crippen molar-refractivity contribution in [2.75, 3.05) is 31.2 Å². The highest BCUT2D eigenvalue weighted by atomic mass is 32.2. The monoisotopic (exact) mass is 297 g/mol. The molecule has 1 saturated heterocycles. The molecular weight excluding hydrogens is 282 g/mol. The maximum atomic E-state index is 12.3. The quantitative estimate of drug-likeness (QED) is 0.817. The molecule has 1 aliphatic rings. The molecule has 1 aliphatic heterocycles. The standard InChI is InChI=1S/C13H15NO3S2/c15-7-2-1-3-11-4-8-18-12(11)13(16)14-5-9-19(17)10-6-14/h4,8,15H,2,5-7,9-10H2. The number of nitrogens with zero attached hydrogens (tertiary/aromatic N) is 1. The summed E-state index contributed by atoms with van der Waals surface area (Å²) in [4.78, 5) is 14.7. The summed E-state index contributed by atoms with van der Waals surface area (Å²) in [6.07, 6.45) is 0.409. The SMILES string of the molecule is O=C(c1sccc1C#CCCO)N1CCS(=O)CC1. The van der Waals surface area contributed by atoms with E-state index in [2.05, 4.69) is 11.8 Å². The van der Waals surface area contributed by atoms with Gasteiger partial charge in [0.15, 0.2) is 0 Å². The van der Waals surface area contributed by atoms with E-state index in [0.29, 0.717) is 35.9 Å². The Bertz CT molecular complexity index is 532. The van der Waals surface area contributed by atoms with Crippen molar-refractivity contribution in [1.82, 2.24) is 4.90 Å². The predicted molar refractivity (Wildman–Crippen MR) is 76.7 cm³/mol. The van der Waals surface area contributed by atoms with Gasteiger partial charge in [-0.3, -0.25) is 9.00 Å². The van der Waals surface area contributed by atoms with E-state index in [9.17, 15) is 9.00 Å². The van der Waals surface area contributed by atoms with Gasteiger partial charge in [0.25, 0.3) is 5.91 Å². The van der Waals surface area contributed by atoms with E-state index >= 15 is 0 Å². The third-order valence-electron chi connectivity index (χ3n) is 2.78. The summed E-state index contributed by atoms with van der Waals surface area (Å²) in [5, 5.41) is 10.5. The van der Waals surface area contributed by atoms with Gasteiger partial charge in [-0.1, -0.05) is 11.8 Å². The second-order valence-electron chi connectivity index (χ2n) is 4.08. The molecule has 1 aromatic rings. The zero-order chi connectivity index (χ0) is 13.7. The maximum absolute atomic E-state index is 12.3. The fourth-order valence-corrected chi connectivity index (χ4v) is 3.64. The molecule has 1 aromatic heterocycles. The molecule has 1 amide bonds. The number of hydrogen-bond donors (Lipinski definition) is 1. The minimum absolute atomic E-state index is 0.0261. The Morgan fingerprint density at radius 2 is 2.21 bits per heavy atom. The first-order chi connectivity index (χ1) is 9.22.